The van der Waals surface area contributed by atoms with Gasteiger partial charge in [-0.25, -0.2) is 9.36 Å². The van der Waals surface area contributed by atoms with Crippen molar-refractivity contribution in [3.8, 4) is 5.69 Å². The molecule has 0 radical (unpaired) electrons. The lowest BCUT2D eigenvalue weighted by atomic mass is 10.2. The van der Waals surface area contributed by atoms with E-state index in [2.05, 4.69) is 22.6 Å². The Bertz CT molecular complexity index is 759. The van der Waals surface area contributed by atoms with Crippen LogP contribution in [0, 0.1) is 3.57 Å². The smallest absolute Gasteiger partial charge is 0.335 e. The summed E-state index contributed by atoms with van der Waals surface area (Å²) in [6, 6.07) is 7.27. The van der Waals surface area contributed by atoms with Crippen molar-refractivity contribution < 1.29 is 4.74 Å². The number of hydrogen-bond donors (Lipinski definition) is 0. The first-order chi connectivity index (χ1) is 9.09. The average molecular weight is 370 g/mol. The van der Waals surface area contributed by atoms with Gasteiger partial charge in [0.25, 0.3) is 5.56 Å². The molecule has 6 heteroatoms. The topological polar surface area (TPSA) is 53.2 Å². The van der Waals surface area contributed by atoms with Gasteiger partial charge in [-0.3, -0.25) is 9.36 Å². The predicted molar refractivity (Wildman–Crippen MR) is 78.5 cm³/mol. The maximum atomic E-state index is 12.4. The molecule has 19 heavy (non-hydrogen) atoms. The standard InChI is InChI=1S/C13H11IN2O3/c1-15-11-7-19-6-10(11)12(17)16(13(15)18)9-4-2-8(14)3-5-9/h2-5H,6-7H2,1H3. The van der Waals surface area contributed by atoms with E-state index in [1.165, 1.54) is 9.13 Å². The maximum Gasteiger partial charge on any atom is 0.335 e. The molecule has 0 fully saturated rings. The van der Waals surface area contributed by atoms with Crippen LogP contribution in [0.15, 0.2) is 33.9 Å². The van der Waals surface area contributed by atoms with Crippen LogP contribution in [0.25, 0.3) is 5.69 Å². The predicted octanol–water partition coefficient (Wildman–Crippen LogP) is 1.17. The number of benzene rings is 1. The summed E-state index contributed by atoms with van der Waals surface area (Å²) in [6.07, 6.45) is 0. The van der Waals surface area contributed by atoms with Gasteiger partial charge in [0.15, 0.2) is 0 Å². The van der Waals surface area contributed by atoms with Crippen LogP contribution >= 0.6 is 22.6 Å². The molecule has 3 rings (SSSR count). The number of fused-ring (bicyclic) bond motifs is 1. The molecule has 2 heterocycles. The van der Waals surface area contributed by atoms with E-state index in [9.17, 15) is 9.59 Å². The average Bonchev–Trinajstić information content (AvgIpc) is 2.88. The molecule has 5 nitrogen and oxygen atoms in total. The maximum absolute atomic E-state index is 12.4. The third-order valence-corrected chi connectivity index (χ3v) is 3.98. The van der Waals surface area contributed by atoms with Crippen molar-refractivity contribution >= 4 is 22.6 Å². The fourth-order valence-electron chi connectivity index (χ4n) is 2.21. The zero-order valence-corrected chi connectivity index (χ0v) is 12.4. The number of nitrogens with zero attached hydrogens (tertiary/aromatic N) is 2. The molecule has 1 aromatic carbocycles. The van der Waals surface area contributed by atoms with Crippen LogP contribution in [0.4, 0.5) is 0 Å². The fourth-order valence-corrected chi connectivity index (χ4v) is 2.57. The van der Waals surface area contributed by atoms with Crippen molar-refractivity contribution in [1.29, 1.82) is 0 Å². The Morgan fingerprint density at radius 2 is 1.84 bits per heavy atom. The van der Waals surface area contributed by atoms with E-state index in [4.69, 9.17) is 4.74 Å². The van der Waals surface area contributed by atoms with Crippen molar-refractivity contribution in [2.45, 2.75) is 13.2 Å². The lowest BCUT2D eigenvalue weighted by Crippen LogP contribution is -2.40. The molecule has 1 aliphatic heterocycles. The van der Waals surface area contributed by atoms with Crippen LogP contribution in [0.5, 0.6) is 0 Å². The molecule has 1 aromatic heterocycles. The molecule has 1 aliphatic rings. The Morgan fingerprint density at radius 3 is 2.53 bits per heavy atom. The first-order valence-electron chi connectivity index (χ1n) is 5.77. The van der Waals surface area contributed by atoms with Gasteiger partial charge in [0.2, 0.25) is 0 Å². The largest absolute Gasteiger partial charge is 0.370 e. The molecule has 0 unspecified atom stereocenters. The Balaban J connectivity index is 2.34. The molecule has 0 saturated carbocycles. The summed E-state index contributed by atoms with van der Waals surface area (Å²) in [5.41, 5.74) is 1.21. The van der Waals surface area contributed by atoms with E-state index < -0.39 is 0 Å². The summed E-state index contributed by atoms with van der Waals surface area (Å²) in [7, 11) is 1.67. The lowest BCUT2D eigenvalue weighted by molar-refractivity contribution is 0.131. The van der Waals surface area contributed by atoms with Crippen molar-refractivity contribution in [2.75, 3.05) is 0 Å². The summed E-state index contributed by atoms with van der Waals surface area (Å²) in [6.45, 7) is 0.594. The van der Waals surface area contributed by atoms with Gasteiger partial charge in [-0.1, -0.05) is 0 Å². The Labute approximate surface area is 122 Å². The van der Waals surface area contributed by atoms with Crippen molar-refractivity contribution in [3.05, 3.63) is 59.9 Å². The summed E-state index contributed by atoms with van der Waals surface area (Å²) >= 11 is 2.18. The zero-order valence-electron chi connectivity index (χ0n) is 10.2. The monoisotopic (exact) mass is 370 g/mol. The van der Waals surface area contributed by atoms with Gasteiger partial charge in [-0.05, 0) is 46.9 Å². The van der Waals surface area contributed by atoms with E-state index in [0.29, 0.717) is 23.6 Å². The van der Waals surface area contributed by atoms with E-state index in [0.717, 1.165) is 3.57 Å². The van der Waals surface area contributed by atoms with E-state index >= 15 is 0 Å². The molecule has 2 aromatic rings. The molecule has 0 spiro atoms. The summed E-state index contributed by atoms with van der Waals surface area (Å²) in [5.74, 6) is 0. The second-order valence-electron chi connectivity index (χ2n) is 4.38. The van der Waals surface area contributed by atoms with Gasteiger partial charge in [0.1, 0.15) is 0 Å². The van der Waals surface area contributed by atoms with Gasteiger partial charge in [-0.2, -0.15) is 0 Å². The minimum atomic E-state index is -0.338. The second-order valence-corrected chi connectivity index (χ2v) is 5.62. The Morgan fingerprint density at radius 1 is 1.16 bits per heavy atom. The van der Waals surface area contributed by atoms with Gasteiger partial charge < -0.3 is 4.74 Å². The summed E-state index contributed by atoms with van der Waals surface area (Å²) in [5, 5.41) is 0. The Hall–Kier alpha value is -1.41. The molecule has 0 N–H and O–H groups in total. The van der Waals surface area contributed by atoms with Gasteiger partial charge in [0.05, 0.1) is 30.2 Å². The highest BCUT2D eigenvalue weighted by Crippen LogP contribution is 2.15. The number of aromatic nitrogens is 2. The van der Waals surface area contributed by atoms with Gasteiger partial charge in [-0.15, -0.1) is 0 Å². The highest BCUT2D eigenvalue weighted by atomic mass is 127. The van der Waals surface area contributed by atoms with Crippen LogP contribution in [0.2, 0.25) is 0 Å². The van der Waals surface area contributed by atoms with Crippen LogP contribution in [0.1, 0.15) is 11.3 Å². The molecule has 0 saturated heterocycles. The van der Waals surface area contributed by atoms with Crippen LogP contribution in [-0.2, 0) is 25.0 Å². The molecular weight excluding hydrogens is 359 g/mol. The van der Waals surface area contributed by atoms with Gasteiger partial charge in [0, 0.05) is 10.6 Å². The second kappa shape index (κ2) is 4.61. The SMILES string of the molecule is Cn1c2c(c(=O)n(-c3ccc(I)cc3)c1=O)COC2. The highest BCUT2D eigenvalue weighted by Gasteiger charge is 2.22. The minimum absolute atomic E-state index is 0.270. The number of ether oxygens (including phenoxy) is 1. The lowest BCUT2D eigenvalue weighted by Gasteiger charge is -2.10. The van der Waals surface area contributed by atoms with E-state index in [1.807, 2.05) is 12.1 Å². The van der Waals surface area contributed by atoms with Crippen LogP contribution in [0.3, 0.4) is 0 Å². The number of hydrogen-bond acceptors (Lipinski definition) is 3. The van der Waals surface area contributed by atoms with Crippen LogP contribution < -0.4 is 11.2 Å². The zero-order chi connectivity index (χ0) is 13.6. The fraction of sp³-hybridized carbons (Fsp3) is 0.231. The molecule has 0 bridgehead atoms. The molecule has 98 valence electrons. The van der Waals surface area contributed by atoms with Crippen molar-refractivity contribution in [1.82, 2.24) is 9.13 Å². The summed E-state index contributed by atoms with van der Waals surface area (Å²) < 4.78 is 9.00. The van der Waals surface area contributed by atoms with Gasteiger partial charge >= 0.3 is 5.69 Å². The molecule has 0 atom stereocenters. The summed E-state index contributed by atoms with van der Waals surface area (Å²) in [4.78, 5) is 24.7. The molecular formula is C13H11IN2O3. The van der Waals surface area contributed by atoms with Crippen molar-refractivity contribution in [2.24, 2.45) is 7.05 Å². The number of halogens is 1. The molecule has 0 aliphatic carbocycles. The van der Waals surface area contributed by atoms with E-state index in [-0.39, 0.29) is 17.9 Å². The third-order valence-electron chi connectivity index (χ3n) is 3.26. The quantitative estimate of drug-likeness (QED) is 0.709. The highest BCUT2D eigenvalue weighted by molar-refractivity contribution is 14.1. The van der Waals surface area contributed by atoms with E-state index in [1.54, 1.807) is 19.2 Å². The van der Waals surface area contributed by atoms with Crippen molar-refractivity contribution in [3.63, 3.8) is 0 Å². The first-order valence-corrected chi connectivity index (χ1v) is 6.85. The Kier molecular flexibility index (Phi) is 3.06. The third kappa shape index (κ3) is 1.95. The van der Waals surface area contributed by atoms with Crippen LogP contribution in [-0.4, -0.2) is 9.13 Å². The first kappa shape index (κ1) is 12.6. The molecule has 0 amide bonds. The normalized spacial score (nSPS) is 13.6. The minimum Gasteiger partial charge on any atom is -0.370 e. The number of rotatable bonds is 1.